The Bertz CT molecular complexity index is 57.1. The van der Waals surface area contributed by atoms with Crippen molar-refractivity contribution in [2.75, 3.05) is 0 Å². The van der Waals surface area contributed by atoms with Gasteiger partial charge in [0.2, 0.25) is 0 Å². The molecule has 0 heteroatoms. The van der Waals surface area contributed by atoms with Gasteiger partial charge in [0, 0.05) is 0 Å². The van der Waals surface area contributed by atoms with Crippen LogP contribution in [0.15, 0.2) is 0 Å². The van der Waals surface area contributed by atoms with E-state index in [1.165, 1.54) is 32.1 Å². The van der Waals surface area contributed by atoms with E-state index >= 15 is 0 Å². The molecule has 61 valence electrons. The van der Waals surface area contributed by atoms with Crippen molar-refractivity contribution in [1.82, 2.24) is 0 Å². The molecule has 10 heavy (non-hydrogen) atoms. The van der Waals surface area contributed by atoms with Crippen molar-refractivity contribution in [3.8, 4) is 0 Å². The third-order valence-corrected chi connectivity index (χ3v) is 2.14. The fourth-order valence-corrected chi connectivity index (χ4v) is 1.39. The standard InChI is InChI=1S/C10H21/c1-4-7-9-10(6-3)8-5-2/h10H,1,4-9H2,2-3H3. The van der Waals surface area contributed by atoms with Crippen LogP contribution in [0.25, 0.3) is 0 Å². The summed E-state index contributed by atoms with van der Waals surface area (Å²) in [6.45, 7) is 8.42. The van der Waals surface area contributed by atoms with Gasteiger partial charge in [0.1, 0.15) is 0 Å². The molecule has 0 heterocycles. The van der Waals surface area contributed by atoms with Crippen LogP contribution in [0.2, 0.25) is 0 Å². The Labute approximate surface area is 66.0 Å². The first-order valence-corrected chi connectivity index (χ1v) is 4.64. The van der Waals surface area contributed by atoms with E-state index in [9.17, 15) is 0 Å². The lowest BCUT2D eigenvalue weighted by molar-refractivity contribution is 0.421. The Morgan fingerprint density at radius 2 is 1.90 bits per heavy atom. The summed E-state index contributed by atoms with van der Waals surface area (Å²) in [5.41, 5.74) is 0. The van der Waals surface area contributed by atoms with Gasteiger partial charge in [-0.2, -0.15) is 0 Å². The maximum atomic E-state index is 3.85. The molecule has 0 saturated heterocycles. The van der Waals surface area contributed by atoms with Gasteiger partial charge in [-0.05, 0) is 5.92 Å². The summed E-state index contributed by atoms with van der Waals surface area (Å²) in [7, 11) is 0. The number of hydrogen-bond donors (Lipinski definition) is 0. The summed E-state index contributed by atoms with van der Waals surface area (Å²) in [5.74, 6) is 0.978. The van der Waals surface area contributed by atoms with Gasteiger partial charge in [0.25, 0.3) is 0 Å². The maximum Gasteiger partial charge on any atom is -0.0417 e. The normalized spacial score (nSPS) is 13.5. The van der Waals surface area contributed by atoms with Gasteiger partial charge in [-0.3, -0.25) is 0 Å². The molecule has 0 aliphatic heterocycles. The zero-order valence-electron chi connectivity index (χ0n) is 7.53. The quantitative estimate of drug-likeness (QED) is 0.527. The van der Waals surface area contributed by atoms with Crippen molar-refractivity contribution in [1.29, 1.82) is 0 Å². The van der Waals surface area contributed by atoms with Gasteiger partial charge in [-0.25, -0.2) is 0 Å². The molecular weight excluding hydrogens is 120 g/mol. The second kappa shape index (κ2) is 7.11. The number of hydrogen-bond acceptors (Lipinski definition) is 0. The smallest absolute Gasteiger partial charge is 0.0417 e. The molecule has 0 aliphatic rings. The van der Waals surface area contributed by atoms with Gasteiger partial charge in [0.05, 0.1) is 0 Å². The minimum Gasteiger partial charge on any atom is -0.0654 e. The van der Waals surface area contributed by atoms with E-state index in [0.717, 1.165) is 12.3 Å². The lowest BCUT2D eigenvalue weighted by atomic mass is 9.95. The van der Waals surface area contributed by atoms with Gasteiger partial charge in [-0.1, -0.05) is 59.3 Å². The van der Waals surface area contributed by atoms with E-state index in [1.807, 2.05) is 0 Å². The molecule has 0 amide bonds. The van der Waals surface area contributed by atoms with Crippen LogP contribution in [0.4, 0.5) is 0 Å². The Kier molecular flexibility index (Phi) is 7.11. The van der Waals surface area contributed by atoms with Crippen LogP contribution in [-0.4, -0.2) is 0 Å². The second-order valence-corrected chi connectivity index (χ2v) is 3.06. The van der Waals surface area contributed by atoms with Crippen molar-refractivity contribution >= 4 is 0 Å². The molecule has 0 rings (SSSR count). The molecular formula is C10H21. The number of rotatable bonds is 6. The Morgan fingerprint density at radius 1 is 1.20 bits per heavy atom. The highest BCUT2D eigenvalue weighted by Crippen LogP contribution is 2.17. The van der Waals surface area contributed by atoms with E-state index in [-0.39, 0.29) is 0 Å². The zero-order valence-corrected chi connectivity index (χ0v) is 7.53. The summed E-state index contributed by atoms with van der Waals surface area (Å²) >= 11 is 0. The Hall–Kier alpha value is 0. The van der Waals surface area contributed by atoms with Crippen LogP contribution in [0.1, 0.15) is 52.4 Å². The van der Waals surface area contributed by atoms with Gasteiger partial charge in [0.15, 0.2) is 0 Å². The highest BCUT2D eigenvalue weighted by Gasteiger charge is 2.02. The second-order valence-electron chi connectivity index (χ2n) is 3.06. The lowest BCUT2D eigenvalue weighted by Gasteiger charge is -2.11. The minimum absolute atomic E-state index is 0.978. The molecule has 1 radical (unpaired) electrons. The third kappa shape index (κ3) is 4.84. The van der Waals surface area contributed by atoms with E-state index in [2.05, 4.69) is 20.8 Å². The van der Waals surface area contributed by atoms with Crippen molar-refractivity contribution in [3.05, 3.63) is 6.92 Å². The number of unbranched alkanes of at least 4 members (excludes halogenated alkanes) is 1. The molecule has 0 aromatic carbocycles. The van der Waals surface area contributed by atoms with Gasteiger partial charge in [-0.15, -0.1) is 0 Å². The van der Waals surface area contributed by atoms with Crippen molar-refractivity contribution in [2.45, 2.75) is 52.4 Å². The largest absolute Gasteiger partial charge is 0.0654 e. The molecule has 0 saturated carbocycles. The molecule has 0 N–H and O–H groups in total. The topological polar surface area (TPSA) is 0 Å². The van der Waals surface area contributed by atoms with E-state index in [0.29, 0.717) is 0 Å². The van der Waals surface area contributed by atoms with Crippen LogP contribution in [0.3, 0.4) is 0 Å². The molecule has 0 aromatic rings. The van der Waals surface area contributed by atoms with E-state index in [4.69, 9.17) is 0 Å². The van der Waals surface area contributed by atoms with E-state index < -0.39 is 0 Å². The van der Waals surface area contributed by atoms with Crippen molar-refractivity contribution in [3.63, 3.8) is 0 Å². The predicted molar refractivity (Wildman–Crippen MR) is 47.9 cm³/mol. The van der Waals surface area contributed by atoms with Gasteiger partial charge < -0.3 is 0 Å². The first-order chi connectivity index (χ1) is 4.85. The first kappa shape index (κ1) is 10.0. The summed E-state index contributed by atoms with van der Waals surface area (Å²) in [6, 6.07) is 0. The van der Waals surface area contributed by atoms with E-state index in [1.54, 1.807) is 0 Å². The third-order valence-electron chi connectivity index (χ3n) is 2.14. The molecule has 0 fully saturated rings. The summed E-state index contributed by atoms with van der Waals surface area (Å²) < 4.78 is 0. The molecule has 0 aliphatic carbocycles. The molecule has 1 atom stereocenters. The van der Waals surface area contributed by atoms with Crippen LogP contribution in [0.5, 0.6) is 0 Å². The SMILES string of the molecule is [CH2]CCCC(CC)CCC. The van der Waals surface area contributed by atoms with Crippen molar-refractivity contribution < 1.29 is 0 Å². The molecule has 0 nitrogen and oxygen atoms in total. The first-order valence-electron chi connectivity index (χ1n) is 4.64. The summed E-state index contributed by atoms with van der Waals surface area (Å²) in [6.07, 6.45) is 7.94. The average molecular weight is 141 g/mol. The maximum absolute atomic E-state index is 3.85. The summed E-state index contributed by atoms with van der Waals surface area (Å²) in [5, 5.41) is 0. The molecule has 0 aromatic heterocycles. The van der Waals surface area contributed by atoms with Gasteiger partial charge >= 0.3 is 0 Å². The van der Waals surface area contributed by atoms with Crippen molar-refractivity contribution in [2.24, 2.45) is 5.92 Å². The Morgan fingerprint density at radius 3 is 2.30 bits per heavy atom. The van der Waals surface area contributed by atoms with Crippen LogP contribution in [0, 0.1) is 12.8 Å². The highest BCUT2D eigenvalue weighted by molar-refractivity contribution is 4.56. The molecule has 0 bridgehead atoms. The fourth-order valence-electron chi connectivity index (χ4n) is 1.39. The van der Waals surface area contributed by atoms with Crippen LogP contribution >= 0.6 is 0 Å². The Balaban J connectivity index is 3.21. The highest BCUT2D eigenvalue weighted by atomic mass is 14.1. The monoisotopic (exact) mass is 141 g/mol. The fraction of sp³-hybridized carbons (Fsp3) is 0.900. The molecule has 1 unspecified atom stereocenters. The van der Waals surface area contributed by atoms with Crippen LogP contribution < -0.4 is 0 Å². The lowest BCUT2D eigenvalue weighted by Crippen LogP contribution is -1.97. The summed E-state index contributed by atoms with van der Waals surface area (Å²) in [4.78, 5) is 0. The zero-order chi connectivity index (χ0) is 7.82. The average Bonchev–Trinajstić information content (AvgIpc) is 1.98. The minimum atomic E-state index is 0.978. The molecule has 0 spiro atoms. The van der Waals surface area contributed by atoms with Crippen LogP contribution in [-0.2, 0) is 0 Å². The predicted octanol–water partition coefficient (Wildman–Crippen LogP) is 3.82.